The molecule has 0 radical (unpaired) electrons. The Bertz CT molecular complexity index is 393. The van der Waals surface area contributed by atoms with Gasteiger partial charge in [-0.1, -0.05) is 0 Å². The Morgan fingerprint density at radius 3 is 3.15 bits per heavy atom. The monoisotopic (exact) mass is 350 g/mol. The van der Waals surface area contributed by atoms with Gasteiger partial charge in [0.15, 0.2) is 0 Å². The van der Waals surface area contributed by atoms with Crippen molar-refractivity contribution in [2.45, 2.75) is 19.9 Å². The maximum atomic E-state index is 11.2. The molecule has 0 bridgehead atoms. The van der Waals surface area contributed by atoms with E-state index in [9.17, 15) is 4.79 Å². The molecule has 0 aliphatic carbocycles. The van der Waals surface area contributed by atoms with E-state index >= 15 is 0 Å². The Morgan fingerprint density at radius 1 is 1.69 bits per heavy atom. The van der Waals surface area contributed by atoms with E-state index in [4.69, 9.17) is 4.52 Å². The van der Waals surface area contributed by atoms with Crippen molar-refractivity contribution >= 4 is 4.02 Å². The minimum atomic E-state index is -0.0595. The Morgan fingerprint density at radius 2 is 2.46 bits per heavy atom. The molecule has 0 aromatic carbocycles. The molecule has 0 atom stereocenters. The molecular formula is C8H10N2O2W. The third-order valence-electron chi connectivity index (χ3n) is 2.29. The first-order valence-electron chi connectivity index (χ1n) is 4.13. The number of nitrogens with one attached hydrogen (secondary N) is 1. The fourth-order valence-electron chi connectivity index (χ4n) is 1.51. The van der Waals surface area contributed by atoms with E-state index in [-0.39, 0.29) is 5.56 Å². The second kappa shape index (κ2) is 3.35. The van der Waals surface area contributed by atoms with Crippen LogP contribution < -0.4 is 5.56 Å². The van der Waals surface area contributed by atoms with Gasteiger partial charge in [0.1, 0.15) is 0 Å². The summed E-state index contributed by atoms with van der Waals surface area (Å²) in [6, 6.07) is 0. The van der Waals surface area contributed by atoms with E-state index in [0.29, 0.717) is 0 Å². The first kappa shape index (κ1) is 9.10. The average molecular weight is 350 g/mol. The summed E-state index contributed by atoms with van der Waals surface area (Å²) in [5.74, 6) is 0.803. The molecule has 1 aliphatic rings. The molecule has 13 heavy (non-hydrogen) atoms. The number of H-pyrrole nitrogens is 1. The van der Waals surface area contributed by atoms with Crippen molar-refractivity contribution in [2.75, 3.05) is 6.54 Å². The van der Waals surface area contributed by atoms with Gasteiger partial charge >= 0.3 is 86.1 Å². The summed E-state index contributed by atoms with van der Waals surface area (Å²) < 4.78 is 6.43. The van der Waals surface area contributed by atoms with Crippen LogP contribution in [0.25, 0.3) is 0 Å². The second-order valence-corrected chi connectivity index (χ2v) is 5.25. The number of aromatic amines is 1. The number of aromatic nitrogens is 1. The Kier molecular flexibility index (Phi) is 2.35. The zero-order chi connectivity index (χ0) is 9.42. The summed E-state index contributed by atoms with van der Waals surface area (Å²) in [4.78, 5) is 13.4. The van der Waals surface area contributed by atoms with E-state index in [0.717, 1.165) is 30.8 Å². The summed E-state index contributed by atoms with van der Waals surface area (Å²) in [6.07, 6.45) is 0.797. The Balaban J connectivity index is 2.30. The van der Waals surface area contributed by atoms with Crippen molar-refractivity contribution in [3.05, 3.63) is 21.7 Å². The molecule has 0 spiro atoms. The van der Waals surface area contributed by atoms with Crippen molar-refractivity contribution in [3.63, 3.8) is 0 Å². The van der Waals surface area contributed by atoms with Gasteiger partial charge in [0, 0.05) is 0 Å². The summed E-state index contributed by atoms with van der Waals surface area (Å²) >= 11 is 1.47. The molecule has 0 saturated carbocycles. The fraction of sp³-hybridized carbons (Fsp3) is 0.500. The number of rotatable bonds is 1. The first-order chi connectivity index (χ1) is 6.18. The topological polar surface area (TPSA) is 49.2 Å². The number of hydrogen-bond acceptors (Lipinski definition) is 3. The zero-order valence-electron chi connectivity index (χ0n) is 7.29. The molecule has 0 saturated heterocycles. The van der Waals surface area contributed by atoms with Crippen molar-refractivity contribution in [2.24, 2.45) is 0 Å². The van der Waals surface area contributed by atoms with Gasteiger partial charge in [-0.3, -0.25) is 0 Å². The van der Waals surface area contributed by atoms with Crippen LogP contribution in [0.4, 0.5) is 0 Å². The summed E-state index contributed by atoms with van der Waals surface area (Å²) in [5, 5.41) is 2.38. The van der Waals surface area contributed by atoms with Crippen LogP contribution in [0.3, 0.4) is 0 Å². The van der Waals surface area contributed by atoms with Crippen molar-refractivity contribution in [1.29, 1.82) is 0 Å². The molecule has 1 N–H and O–H groups in total. The van der Waals surface area contributed by atoms with Crippen LogP contribution in [0.15, 0.2) is 9.32 Å². The molecule has 4 nitrogen and oxygen atoms in total. The second-order valence-electron chi connectivity index (χ2n) is 3.13. The van der Waals surface area contributed by atoms with Crippen molar-refractivity contribution < 1.29 is 23.9 Å². The predicted molar refractivity (Wildman–Crippen MR) is 44.1 cm³/mol. The van der Waals surface area contributed by atoms with Crippen LogP contribution in [0.2, 0.25) is 0 Å². The van der Waals surface area contributed by atoms with E-state index in [1.807, 2.05) is 0 Å². The van der Waals surface area contributed by atoms with Crippen LogP contribution in [-0.4, -0.2) is 20.6 Å². The molecule has 0 amide bonds. The van der Waals surface area contributed by atoms with Crippen LogP contribution >= 0.6 is 0 Å². The predicted octanol–water partition coefficient (Wildman–Crippen LogP) is 0.0226. The van der Waals surface area contributed by atoms with Gasteiger partial charge < -0.3 is 0 Å². The average Bonchev–Trinajstić information content (AvgIpc) is 2.47. The van der Waals surface area contributed by atoms with E-state index in [1.54, 1.807) is 0 Å². The third-order valence-corrected chi connectivity index (χ3v) is 3.22. The molecule has 2 heterocycles. The Hall–Kier alpha value is -0.472. The van der Waals surface area contributed by atoms with Gasteiger partial charge in [-0.05, 0) is 0 Å². The third kappa shape index (κ3) is 1.61. The molecule has 70 valence electrons. The van der Waals surface area contributed by atoms with Crippen molar-refractivity contribution in [1.82, 2.24) is 10.1 Å². The zero-order valence-corrected chi connectivity index (χ0v) is 10.2. The fourth-order valence-corrected chi connectivity index (χ4v) is 2.07. The molecule has 5 heteroatoms. The standard InChI is InChI=1S/C8H10N2O2.W/c1-2-10-4-3-6-7(5-10)12-9-8(6)11;/h3-5H2,1H3,(H,9,11);. The maximum absolute atomic E-state index is 11.2. The normalized spacial score (nSPS) is 17.0. The Labute approximate surface area is 86.3 Å². The minimum absolute atomic E-state index is 0.0595. The summed E-state index contributed by atoms with van der Waals surface area (Å²) in [7, 11) is 0. The van der Waals surface area contributed by atoms with Crippen LogP contribution in [0.1, 0.15) is 18.2 Å². The van der Waals surface area contributed by atoms with Gasteiger partial charge in [-0.15, -0.1) is 0 Å². The molecule has 2 rings (SSSR count). The van der Waals surface area contributed by atoms with Gasteiger partial charge in [0.2, 0.25) is 0 Å². The summed E-state index contributed by atoms with van der Waals surface area (Å²) in [6.45, 7) is 3.78. The van der Waals surface area contributed by atoms with Gasteiger partial charge in [-0.25, -0.2) is 0 Å². The van der Waals surface area contributed by atoms with Gasteiger partial charge in [-0.2, -0.15) is 0 Å². The van der Waals surface area contributed by atoms with Crippen LogP contribution in [0.5, 0.6) is 0 Å². The molecular weight excluding hydrogens is 340 g/mol. The number of fused-ring (bicyclic) bond motifs is 1. The quantitative estimate of drug-likeness (QED) is 0.777. The van der Waals surface area contributed by atoms with Crippen LogP contribution in [0, 0.1) is 0 Å². The summed E-state index contributed by atoms with van der Waals surface area (Å²) in [5.41, 5.74) is 0.767. The van der Waals surface area contributed by atoms with Gasteiger partial charge in [0.05, 0.1) is 0 Å². The SMILES string of the molecule is C[C](=[W])N1CCc2c(o[nH]c2=O)C1. The molecule has 0 fully saturated rings. The molecule has 0 unspecified atom stereocenters. The van der Waals surface area contributed by atoms with E-state index in [2.05, 4.69) is 17.0 Å². The van der Waals surface area contributed by atoms with Gasteiger partial charge in [0.25, 0.3) is 0 Å². The number of hydrogen-bond donors (Lipinski definition) is 1. The molecule has 1 aromatic rings. The molecule has 1 aromatic heterocycles. The molecule has 1 aliphatic heterocycles. The van der Waals surface area contributed by atoms with E-state index in [1.165, 1.54) is 23.4 Å². The van der Waals surface area contributed by atoms with Crippen LogP contribution in [-0.2, 0) is 32.3 Å². The first-order valence-corrected chi connectivity index (χ1v) is 5.60. The number of nitrogens with zero attached hydrogens (tertiary/aromatic N) is 1. The van der Waals surface area contributed by atoms with E-state index < -0.39 is 0 Å². The van der Waals surface area contributed by atoms with Crippen molar-refractivity contribution in [3.8, 4) is 0 Å².